The van der Waals surface area contributed by atoms with Gasteiger partial charge in [-0.2, -0.15) is 0 Å². The van der Waals surface area contributed by atoms with Crippen molar-refractivity contribution in [2.45, 2.75) is 20.3 Å². The van der Waals surface area contributed by atoms with Gasteiger partial charge in [-0.3, -0.25) is 4.79 Å². The van der Waals surface area contributed by atoms with Crippen LogP contribution in [0.5, 0.6) is 0 Å². The van der Waals surface area contributed by atoms with E-state index in [0.29, 0.717) is 18.0 Å². The molecule has 2 nitrogen and oxygen atoms in total. The minimum Gasteiger partial charge on any atom is -0.353 e. The molecule has 0 spiro atoms. The largest absolute Gasteiger partial charge is 0.353 e. The summed E-state index contributed by atoms with van der Waals surface area (Å²) >= 11 is 0. The van der Waals surface area contributed by atoms with E-state index >= 15 is 0 Å². The number of carbonyl (C=O) groups is 1. The van der Waals surface area contributed by atoms with Gasteiger partial charge in [-0.15, -0.1) is 0 Å². The molecule has 1 amide bonds. The summed E-state index contributed by atoms with van der Waals surface area (Å²) in [6, 6.07) is 6.13. The number of hydrogen-bond acceptors (Lipinski definition) is 1. The zero-order valence-corrected chi connectivity index (χ0v) is 10.2. The predicted octanol–water partition coefficient (Wildman–Crippen LogP) is 3.00. The first-order chi connectivity index (χ1) is 8.08. The van der Waals surface area contributed by atoms with Gasteiger partial charge in [-0.25, -0.2) is 4.39 Å². The first kappa shape index (κ1) is 13.4. The van der Waals surface area contributed by atoms with Gasteiger partial charge >= 0.3 is 0 Å². The van der Waals surface area contributed by atoms with Crippen molar-refractivity contribution in [3.05, 3.63) is 41.7 Å². The maximum atomic E-state index is 12.8. The van der Waals surface area contributed by atoms with Crippen LogP contribution in [0.3, 0.4) is 0 Å². The van der Waals surface area contributed by atoms with Crippen molar-refractivity contribution in [2.24, 2.45) is 5.92 Å². The molecule has 1 N–H and O–H groups in total. The van der Waals surface area contributed by atoms with Crippen LogP contribution in [0, 0.1) is 11.7 Å². The van der Waals surface area contributed by atoms with Gasteiger partial charge in [-0.05, 0) is 36.1 Å². The first-order valence-electron chi connectivity index (χ1n) is 5.79. The standard InChI is InChI=1S/C14H18FNO/c1-11(2)8-9-16-14(17)7-6-12-4-3-5-13(15)10-12/h3-7,10-11H,8-9H2,1-2H3,(H,16,17). The van der Waals surface area contributed by atoms with E-state index in [1.54, 1.807) is 18.2 Å². The highest BCUT2D eigenvalue weighted by Crippen LogP contribution is 2.05. The molecular formula is C14H18FNO. The highest BCUT2D eigenvalue weighted by atomic mass is 19.1. The van der Waals surface area contributed by atoms with Crippen molar-refractivity contribution in [3.8, 4) is 0 Å². The first-order valence-corrected chi connectivity index (χ1v) is 5.79. The number of nitrogens with one attached hydrogen (secondary N) is 1. The molecule has 3 heteroatoms. The molecule has 0 saturated carbocycles. The summed E-state index contributed by atoms with van der Waals surface area (Å²) in [6.07, 6.45) is 3.99. The summed E-state index contributed by atoms with van der Waals surface area (Å²) in [6.45, 7) is 4.88. The fourth-order valence-electron chi connectivity index (χ4n) is 1.33. The average Bonchev–Trinajstić information content (AvgIpc) is 2.26. The van der Waals surface area contributed by atoms with Gasteiger partial charge in [0.15, 0.2) is 0 Å². The molecule has 0 aliphatic rings. The maximum absolute atomic E-state index is 12.8. The zero-order chi connectivity index (χ0) is 12.7. The molecule has 1 aromatic rings. The van der Waals surface area contributed by atoms with Crippen LogP contribution in [0.15, 0.2) is 30.3 Å². The van der Waals surface area contributed by atoms with Crippen LogP contribution in [0.1, 0.15) is 25.8 Å². The van der Waals surface area contributed by atoms with Crippen molar-refractivity contribution >= 4 is 12.0 Å². The minimum atomic E-state index is -0.299. The number of amides is 1. The van der Waals surface area contributed by atoms with E-state index in [-0.39, 0.29) is 11.7 Å². The fraction of sp³-hybridized carbons (Fsp3) is 0.357. The van der Waals surface area contributed by atoms with E-state index < -0.39 is 0 Å². The van der Waals surface area contributed by atoms with Gasteiger partial charge in [0.05, 0.1) is 0 Å². The second kappa shape index (κ2) is 6.84. The summed E-state index contributed by atoms with van der Waals surface area (Å²) in [5, 5.41) is 2.78. The van der Waals surface area contributed by atoms with E-state index in [1.165, 1.54) is 18.2 Å². The Hall–Kier alpha value is -1.64. The summed E-state index contributed by atoms with van der Waals surface area (Å²) in [5.74, 6) is 0.129. The van der Waals surface area contributed by atoms with E-state index in [4.69, 9.17) is 0 Å². The number of rotatable bonds is 5. The Kier molecular flexibility index (Phi) is 5.40. The Morgan fingerprint density at radius 2 is 2.24 bits per heavy atom. The molecule has 0 bridgehead atoms. The van der Waals surface area contributed by atoms with Crippen LogP contribution < -0.4 is 5.32 Å². The van der Waals surface area contributed by atoms with E-state index in [9.17, 15) is 9.18 Å². The molecule has 1 rings (SSSR count). The van der Waals surface area contributed by atoms with Crippen molar-refractivity contribution in [3.63, 3.8) is 0 Å². The van der Waals surface area contributed by atoms with Crippen LogP contribution in [0.4, 0.5) is 4.39 Å². The summed E-state index contributed by atoms with van der Waals surface area (Å²) in [4.78, 5) is 11.4. The molecule has 0 aliphatic heterocycles. The lowest BCUT2D eigenvalue weighted by molar-refractivity contribution is -0.116. The molecule has 1 aromatic carbocycles. The Bertz CT molecular complexity index is 399. The van der Waals surface area contributed by atoms with E-state index in [1.807, 2.05) is 0 Å². The lowest BCUT2D eigenvalue weighted by Gasteiger charge is -2.04. The Balaban J connectivity index is 2.40. The highest BCUT2D eigenvalue weighted by molar-refractivity contribution is 5.91. The van der Waals surface area contributed by atoms with Gasteiger partial charge in [0.2, 0.25) is 5.91 Å². The third kappa shape index (κ3) is 5.85. The van der Waals surface area contributed by atoms with Crippen molar-refractivity contribution < 1.29 is 9.18 Å². The molecule has 17 heavy (non-hydrogen) atoms. The summed E-state index contributed by atoms with van der Waals surface area (Å²) < 4.78 is 12.8. The lowest BCUT2D eigenvalue weighted by Crippen LogP contribution is -2.23. The van der Waals surface area contributed by atoms with Gasteiger partial charge in [0, 0.05) is 12.6 Å². The number of benzene rings is 1. The Morgan fingerprint density at radius 3 is 2.88 bits per heavy atom. The molecule has 0 saturated heterocycles. The SMILES string of the molecule is CC(C)CCNC(=O)C=Cc1cccc(F)c1. The normalized spacial score (nSPS) is 11.1. The molecule has 0 aromatic heterocycles. The maximum Gasteiger partial charge on any atom is 0.243 e. The molecule has 0 fully saturated rings. The highest BCUT2D eigenvalue weighted by Gasteiger charge is 1.97. The van der Waals surface area contributed by atoms with Crippen LogP contribution in [0.25, 0.3) is 6.08 Å². The Labute approximate surface area is 102 Å². The van der Waals surface area contributed by atoms with Gasteiger partial charge in [0.25, 0.3) is 0 Å². The summed E-state index contributed by atoms with van der Waals surface area (Å²) in [7, 11) is 0. The third-order valence-corrected chi connectivity index (χ3v) is 2.30. The second-order valence-electron chi connectivity index (χ2n) is 4.36. The van der Waals surface area contributed by atoms with Crippen molar-refractivity contribution in [1.82, 2.24) is 5.32 Å². The predicted molar refractivity (Wildman–Crippen MR) is 67.9 cm³/mol. The number of carbonyl (C=O) groups excluding carboxylic acids is 1. The molecule has 92 valence electrons. The minimum absolute atomic E-state index is 0.144. The molecule has 0 atom stereocenters. The van der Waals surface area contributed by atoms with E-state index in [0.717, 1.165) is 6.42 Å². The second-order valence-corrected chi connectivity index (χ2v) is 4.36. The van der Waals surface area contributed by atoms with Gasteiger partial charge in [0.1, 0.15) is 5.82 Å². The molecule has 0 aliphatic carbocycles. The zero-order valence-electron chi connectivity index (χ0n) is 10.2. The van der Waals surface area contributed by atoms with Crippen LogP contribution in [-0.4, -0.2) is 12.5 Å². The quantitative estimate of drug-likeness (QED) is 0.781. The fourth-order valence-corrected chi connectivity index (χ4v) is 1.33. The van der Waals surface area contributed by atoms with Crippen LogP contribution >= 0.6 is 0 Å². The Morgan fingerprint density at radius 1 is 1.47 bits per heavy atom. The lowest BCUT2D eigenvalue weighted by atomic mass is 10.1. The van der Waals surface area contributed by atoms with Crippen LogP contribution in [0.2, 0.25) is 0 Å². The molecule has 0 heterocycles. The molecular weight excluding hydrogens is 217 g/mol. The van der Waals surface area contributed by atoms with Gasteiger partial charge in [-0.1, -0.05) is 26.0 Å². The van der Waals surface area contributed by atoms with E-state index in [2.05, 4.69) is 19.2 Å². The monoisotopic (exact) mass is 235 g/mol. The molecule has 0 radical (unpaired) electrons. The van der Waals surface area contributed by atoms with Crippen molar-refractivity contribution in [2.75, 3.05) is 6.54 Å². The van der Waals surface area contributed by atoms with Crippen LogP contribution in [-0.2, 0) is 4.79 Å². The number of hydrogen-bond donors (Lipinski definition) is 1. The third-order valence-electron chi connectivity index (χ3n) is 2.30. The van der Waals surface area contributed by atoms with Crippen molar-refractivity contribution in [1.29, 1.82) is 0 Å². The molecule has 0 unspecified atom stereocenters. The van der Waals surface area contributed by atoms with Gasteiger partial charge < -0.3 is 5.32 Å². The number of halogens is 1. The topological polar surface area (TPSA) is 29.1 Å². The average molecular weight is 235 g/mol. The summed E-state index contributed by atoms with van der Waals surface area (Å²) in [5.41, 5.74) is 0.684. The smallest absolute Gasteiger partial charge is 0.243 e.